The summed E-state index contributed by atoms with van der Waals surface area (Å²) in [5.74, 6) is -1.19. The highest BCUT2D eigenvalue weighted by Gasteiger charge is 2.62. The largest absolute Gasteiger partial charge is 0.465 e. The summed E-state index contributed by atoms with van der Waals surface area (Å²) in [6.45, 7) is 7.20. The van der Waals surface area contributed by atoms with Gasteiger partial charge in [-0.1, -0.05) is 32.0 Å². The molecule has 3 aliphatic rings. The number of nitrogens with two attached hydrogens (primary N) is 1. The van der Waals surface area contributed by atoms with E-state index in [1.807, 2.05) is 26.0 Å². The first-order chi connectivity index (χ1) is 17.2. The Morgan fingerprint density at radius 1 is 1.28 bits per heavy atom. The molecule has 1 aromatic heterocycles. The predicted octanol–water partition coefficient (Wildman–Crippen LogP) is 2.36. The van der Waals surface area contributed by atoms with Crippen molar-refractivity contribution in [3.8, 4) is 5.75 Å². The molecule has 5 rings (SSSR count). The molecular weight excluding hydrogens is 462 g/mol. The molecule has 0 bridgehead atoms. The van der Waals surface area contributed by atoms with Gasteiger partial charge in [-0.3, -0.25) is 9.59 Å². The van der Waals surface area contributed by atoms with Crippen molar-refractivity contribution in [3.05, 3.63) is 69.0 Å². The predicted molar refractivity (Wildman–Crippen MR) is 133 cm³/mol. The van der Waals surface area contributed by atoms with E-state index in [1.165, 1.54) is 7.11 Å². The van der Waals surface area contributed by atoms with Crippen LogP contribution >= 0.6 is 0 Å². The number of ether oxygens (including phenoxy) is 3. The van der Waals surface area contributed by atoms with Crippen LogP contribution in [0.2, 0.25) is 0 Å². The summed E-state index contributed by atoms with van der Waals surface area (Å²) in [7, 11) is 1.22. The fraction of sp³-hybridized carbons (Fsp3) is 0.444. The number of esters is 1. The SMILES string of the molecule is COC(=O)C1=C(N)Oc2cc(C)n(CC3CCCO3)c(=O)c2[C@@]12C(=O)N(CC(C)C)c1ccccc12. The maximum Gasteiger partial charge on any atom is 0.340 e. The highest BCUT2D eigenvalue weighted by Crippen LogP contribution is 2.54. The van der Waals surface area contributed by atoms with Gasteiger partial charge in [-0.05, 0) is 31.7 Å². The smallest absolute Gasteiger partial charge is 0.340 e. The minimum absolute atomic E-state index is 0.0735. The molecule has 0 radical (unpaired) electrons. The van der Waals surface area contributed by atoms with Crippen LogP contribution in [0.4, 0.5) is 5.69 Å². The summed E-state index contributed by atoms with van der Waals surface area (Å²) in [6.07, 6.45) is 1.66. The van der Waals surface area contributed by atoms with E-state index in [0.717, 1.165) is 12.8 Å². The zero-order chi connectivity index (χ0) is 25.8. The molecule has 1 unspecified atom stereocenters. The number of pyridine rings is 1. The number of methoxy groups -OCH3 is 1. The van der Waals surface area contributed by atoms with Crippen LogP contribution in [0.5, 0.6) is 5.75 Å². The number of carbonyl (C=O) groups excluding carboxylic acids is 2. The van der Waals surface area contributed by atoms with Gasteiger partial charge in [0.1, 0.15) is 16.7 Å². The molecule has 2 aromatic rings. The van der Waals surface area contributed by atoms with Crippen molar-refractivity contribution in [1.29, 1.82) is 0 Å². The highest BCUT2D eigenvalue weighted by atomic mass is 16.5. The normalized spacial score (nSPS) is 22.8. The number of rotatable bonds is 5. The van der Waals surface area contributed by atoms with Gasteiger partial charge in [-0.25, -0.2) is 4.79 Å². The third-order valence-electron chi connectivity index (χ3n) is 7.20. The van der Waals surface area contributed by atoms with Gasteiger partial charge in [0, 0.05) is 36.2 Å². The van der Waals surface area contributed by atoms with Gasteiger partial charge in [0.2, 0.25) is 11.8 Å². The maximum atomic E-state index is 14.5. The van der Waals surface area contributed by atoms with Gasteiger partial charge in [0.25, 0.3) is 5.56 Å². The molecule has 190 valence electrons. The number of hydrogen-bond donors (Lipinski definition) is 1. The Bertz CT molecular complexity index is 1340. The van der Waals surface area contributed by atoms with E-state index in [4.69, 9.17) is 19.9 Å². The Labute approximate surface area is 209 Å². The third-order valence-corrected chi connectivity index (χ3v) is 7.20. The number of aromatic nitrogens is 1. The molecule has 0 aliphatic carbocycles. The van der Waals surface area contributed by atoms with E-state index in [0.29, 0.717) is 36.6 Å². The topological polar surface area (TPSA) is 113 Å². The van der Waals surface area contributed by atoms with Crippen molar-refractivity contribution < 1.29 is 23.8 Å². The molecule has 2 atom stereocenters. The summed E-state index contributed by atoms with van der Waals surface area (Å²) < 4.78 is 18.3. The lowest BCUT2D eigenvalue weighted by atomic mass is 9.68. The summed E-state index contributed by atoms with van der Waals surface area (Å²) in [5, 5.41) is 0. The Morgan fingerprint density at radius 2 is 2.03 bits per heavy atom. The Kier molecular flexibility index (Phi) is 5.90. The summed E-state index contributed by atoms with van der Waals surface area (Å²) in [4.78, 5) is 43.6. The number of para-hydroxylation sites is 1. The summed E-state index contributed by atoms with van der Waals surface area (Å²) in [6, 6.07) is 8.90. The molecule has 1 spiro atoms. The van der Waals surface area contributed by atoms with Crippen molar-refractivity contribution in [3.63, 3.8) is 0 Å². The number of hydrogen-bond acceptors (Lipinski definition) is 7. The minimum Gasteiger partial charge on any atom is -0.465 e. The van der Waals surface area contributed by atoms with Crippen LogP contribution in [0.15, 0.2) is 46.6 Å². The van der Waals surface area contributed by atoms with Gasteiger partial charge in [-0.15, -0.1) is 0 Å². The Morgan fingerprint density at radius 3 is 2.69 bits per heavy atom. The first-order valence-corrected chi connectivity index (χ1v) is 12.3. The summed E-state index contributed by atoms with van der Waals surface area (Å²) >= 11 is 0. The molecule has 4 heterocycles. The van der Waals surface area contributed by atoms with Crippen molar-refractivity contribution >= 4 is 17.6 Å². The van der Waals surface area contributed by atoms with Crippen molar-refractivity contribution in [2.24, 2.45) is 11.7 Å². The maximum absolute atomic E-state index is 14.5. The lowest BCUT2D eigenvalue weighted by Crippen LogP contribution is -2.52. The fourth-order valence-corrected chi connectivity index (χ4v) is 5.70. The lowest BCUT2D eigenvalue weighted by Gasteiger charge is -2.36. The average molecular weight is 494 g/mol. The highest BCUT2D eigenvalue weighted by molar-refractivity contribution is 6.18. The van der Waals surface area contributed by atoms with Gasteiger partial charge in [0.15, 0.2) is 0 Å². The fourth-order valence-electron chi connectivity index (χ4n) is 5.70. The zero-order valence-corrected chi connectivity index (χ0v) is 21.0. The van der Waals surface area contributed by atoms with Gasteiger partial charge < -0.3 is 29.4 Å². The van der Waals surface area contributed by atoms with E-state index in [9.17, 15) is 14.4 Å². The number of anilines is 1. The molecule has 1 aromatic carbocycles. The molecule has 2 N–H and O–H groups in total. The number of fused-ring (bicyclic) bond motifs is 4. The van der Waals surface area contributed by atoms with Crippen molar-refractivity contribution in [2.75, 3.05) is 25.2 Å². The average Bonchev–Trinajstić information content (AvgIpc) is 3.43. The molecule has 9 heteroatoms. The van der Waals surface area contributed by atoms with Crippen LogP contribution in [0.25, 0.3) is 0 Å². The number of amides is 1. The second kappa shape index (κ2) is 8.81. The first-order valence-electron chi connectivity index (χ1n) is 12.3. The van der Waals surface area contributed by atoms with E-state index >= 15 is 0 Å². The van der Waals surface area contributed by atoms with Gasteiger partial charge in [0.05, 0.1) is 25.3 Å². The van der Waals surface area contributed by atoms with E-state index < -0.39 is 22.9 Å². The monoisotopic (exact) mass is 493 g/mol. The molecule has 3 aliphatic heterocycles. The molecule has 0 saturated carbocycles. The third kappa shape index (κ3) is 3.37. The second-order valence-corrected chi connectivity index (χ2v) is 9.99. The van der Waals surface area contributed by atoms with Crippen LogP contribution in [0, 0.1) is 12.8 Å². The molecule has 1 amide bonds. The number of benzene rings is 1. The molecule has 1 fully saturated rings. The van der Waals surface area contributed by atoms with Gasteiger partial charge in [-0.2, -0.15) is 0 Å². The van der Waals surface area contributed by atoms with Crippen LogP contribution < -0.4 is 20.9 Å². The molecule has 36 heavy (non-hydrogen) atoms. The molecule has 9 nitrogen and oxygen atoms in total. The molecular formula is C27H31N3O6. The number of carbonyl (C=O) groups is 2. The van der Waals surface area contributed by atoms with Crippen LogP contribution in [-0.2, 0) is 31.0 Å². The minimum atomic E-state index is -1.79. The first kappa shape index (κ1) is 24.1. The lowest BCUT2D eigenvalue weighted by molar-refractivity contribution is -0.138. The van der Waals surface area contributed by atoms with Crippen molar-refractivity contribution in [2.45, 2.75) is 51.7 Å². The van der Waals surface area contributed by atoms with Gasteiger partial charge >= 0.3 is 5.97 Å². The van der Waals surface area contributed by atoms with Crippen LogP contribution in [-0.4, -0.2) is 42.8 Å². The standard InChI is InChI=1S/C27H31N3O6/c1-15(2)13-30-19-10-6-5-9-18(19)27(26(30)33)21-20(36-23(28)22(27)25(32)34-4)12-16(3)29(24(21)31)14-17-8-7-11-35-17/h5-6,9-10,12,15,17H,7-8,11,13-14,28H2,1-4H3/t17?,27-/m1/s1. The summed E-state index contributed by atoms with van der Waals surface area (Å²) in [5.41, 5.74) is 5.80. The quantitative estimate of drug-likeness (QED) is 0.636. The van der Waals surface area contributed by atoms with Crippen LogP contribution in [0.3, 0.4) is 0 Å². The van der Waals surface area contributed by atoms with Crippen LogP contribution in [0.1, 0.15) is 43.5 Å². The van der Waals surface area contributed by atoms with E-state index in [2.05, 4.69) is 0 Å². The van der Waals surface area contributed by atoms with E-state index in [-0.39, 0.29) is 34.8 Å². The Hall–Kier alpha value is -3.59. The number of aryl methyl sites for hydroxylation is 1. The van der Waals surface area contributed by atoms with Crippen molar-refractivity contribution in [1.82, 2.24) is 4.57 Å². The zero-order valence-electron chi connectivity index (χ0n) is 21.0. The Balaban J connectivity index is 1.85. The number of nitrogens with zero attached hydrogens (tertiary/aromatic N) is 2. The second-order valence-electron chi connectivity index (χ2n) is 9.99. The molecule has 1 saturated heterocycles. The van der Waals surface area contributed by atoms with E-state index in [1.54, 1.807) is 34.6 Å².